The van der Waals surface area contributed by atoms with Crippen molar-refractivity contribution in [3.8, 4) is 0 Å². The normalized spacial score (nSPS) is 16.6. The van der Waals surface area contributed by atoms with Gasteiger partial charge in [-0.3, -0.25) is 4.99 Å². The number of aliphatic imine (C=N–C) groups is 1. The van der Waals surface area contributed by atoms with Crippen LogP contribution in [0.4, 0.5) is 11.4 Å². The van der Waals surface area contributed by atoms with E-state index in [0.717, 1.165) is 11.6 Å². The minimum absolute atomic E-state index is 0.881. The van der Waals surface area contributed by atoms with Crippen LogP contribution < -0.4 is 10.2 Å². The van der Waals surface area contributed by atoms with Gasteiger partial charge in [0.1, 0.15) is 0 Å². The zero-order chi connectivity index (χ0) is 11.1. The van der Waals surface area contributed by atoms with E-state index >= 15 is 0 Å². The molecule has 0 bridgehead atoms. The molecule has 0 atom stereocenters. The quantitative estimate of drug-likeness (QED) is 0.725. The van der Waals surface area contributed by atoms with Crippen LogP contribution in [-0.4, -0.2) is 20.1 Å². The summed E-state index contributed by atoms with van der Waals surface area (Å²) in [6, 6.07) is 12.6. The zero-order valence-electron chi connectivity index (χ0n) is 9.36. The molecule has 1 heterocycles. The van der Waals surface area contributed by atoms with Gasteiger partial charge < -0.3 is 10.2 Å². The average molecular weight is 211 g/mol. The molecule has 1 aliphatic rings. The smallest absolute Gasteiger partial charge is 0.202 e. The summed E-state index contributed by atoms with van der Waals surface area (Å²) in [6.45, 7) is 0. The van der Waals surface area contributed by atoms with Gasteiger partial charge >= 0.3 is 0 Å². The van der Waals surface area contributed by atoms with Crippen molar-refractivity contribution >= 4 is 28.1 Å². The standard InChI is InChI=1S/C13H13N3/c1-14-13-15-10-7-3-5-9-6-4-8-11(12(9)10)16(13)2/h3-8H,1-2H3,(H,14,15). The van der Waals surface area contributed by atoms with Gasteiger partial charge in [0.05, 0.1) is 11.4 Å². The maximum atomic E-state index is 4.25. The lowest BCUT2D eigenvalue weighted by atomic mass is 10.0. The fraction of sp³-hybridized carbons (Fsp3) is 0.154. The van der Waals surface area contributed by atoms with Gasteiger partial charge in [0.2, 0.25) is 5.96 Å². The summed E-state index contributed by atoms with van der Waals surface area (Å²) >= 11 is 0. The molecule has 0 aliphatic carbocycles. The van der Waals surface area contributed by atoms with Gasteiger partial charge in [-0.15, -0.1) is 0 Å². The van der Waals surface area contributed by atoms with Crippen LogP contribution in [0, 0.1) is 0 Å². The maximum Gasteiger partial charge on any atom is 0.202 e. The average Bonchev–Trinajstić information content (AvgIpc) is 2.33. The lowest BCUT2D eigenvalue weighted by Crippen LogP contribution is -2.35. The Balaban J connectivity index is 2.39. The summed E-state index contributed by atoms with van der Waals surface area (Å²) in [6.07, 6.45) is 0. The molecule has 0 saturated heterocycles. The van der Waals surface area contributed by atoms with Crippen molar-refractivity contribution < 1.29 is 0 Å². The zero-order valence-corrected chi connectivity index (χ0v) is 9.36. The number of rotatable bonds is 0. The second-order valence-corrected chi connectivity index (χ2v) is 3.91. The Morgan fingerprint density at radius 2 is 1.88 bits per heavy atom. The number of anilines is 2. The number of hydrogen-bond acceptors (Lipinski definition) is 1. The van der Waals surface area contributed by atoms with Crippen LogP contribution in [0.5, 0.6) is 0 Å². The van der Waals surface area contributed by atoms with Crippen LogP contribution in [-0.2, 0) is 0 Å². The molecule has 2 aromatic carbocycles. The Hall–Kier alpha value is -2.03. The van der Waals surface area contributed by atoms with E-state index in [1.54, 1.807) is 7.05 Å². The van der Waals surface area contributed by atoms with E-state index in [1.807, 2.05) is 7.05 Å². The summed E-state index contributed by atoms with van der Waals surface area (Å²) in [7, 11) is 3.83. The van der Waals surface area contributed by atoms with E-state index in [4.69, 9.17) is 0 Å². The Kier molecular flexibility index (Phi) is 1.86. The molecular weight excluding hydrogens is 198 g/mol. The number of nitrogens with one attached hydrogen (secondary N) is 1. The monoisotopic (exact) mass is 211 g/mol. The molecule has 0 saturated carbocycles. The number of nitrogens with zero attached hydrogens (tertiary/aromatic N) is 2. The van der Waals surface area contributed by atoms with E-state index in [-0.39, 0.29) is 0 Å². The molecule has 0 fully saturated rings. The summed E-state index contributed by atoms with van der Waals surface area (Å²) in [5, 5.41) is 5.85. The largest absolute Gasteiger partial charge is 0.325 e. The van der Waals surface area contributed by atoms with Crippen LogP contribution in [0.15, 0.2) is 41.4 Å². The Labute approximate surface area is 94.4 Å². The molecule has 0 unspecified atom stereocenters. The minimum Gasteiger partial charge on any atom is -0.325 e. The Bertz CT molecular complexity index is 581. The van der Waals surface area contributed by atoms with Gasteiger partial charge in [0.25, 0.3) is 0 Å². The molecule has 0 amide bonds. The van der Waals surface area contributed by atoms with E-state index < -0.39 is 0 Å². The van der Waals surface area contributed by atoms with Crippen LogP contribution in [0.25, 0.3) is 10.8 Å². The van der Waals surface area contributed by atoms with Crippen molar-refractivity contribution in [1.82, 2.24) is 0 Å². The highest BCUT2D eigenvalue weighted by Crippen LogP contribution is 2.35. The fourth-order valence-corrected chi connectivity index (χ4v) is 2.23. The minimum atomic E-state index is 0.881. The van der Waals surface area contributed by atoms with Crippen molar-refractivity contribution in [3.63, 3.8) is 0 Å². The molecule has 80 valence electrons. The maximum absolute atomic E-state index is 4.25. The lowest BCUT2D eigenvalue weighted by Gasteiger charge is -2.29. The van der Waals surface area contributed by atoms with E-state index in [9.17, 15) is 0 Å². The first-order chi connectivity index (χ1) is 7.81. The van der Waals surface area contributed by atoms with Crippen molar-refractivity contribution in [2.24, 2.45) is 4.99 Å². The first-order valence-corrected chi connectivity index (χ1v) is 5.30. The molecule has 0 radical (unpaired) electrons. The molecule has 3 nitrogen and oxygen atoms in total. The molecule has 0 aromatic heterocycles. The number of guanidine groups is 1. The molecule has 1 aliphatic heterocycles. The predicted molar refractivity (Wildman–Crippen MR) is 69.3 cm³/mol. The van der Waals surface area contributed by atoms with Crippen molar-refractivity contribution in [2.45, 2.75) is 0 Å². The first kappa shape index (κ1) is 9.21. The highest BCUT2D eigenvalue weighted by molar-refractivity contribution is 6.20. The second-order valence-electron chi connectivity index (χ2n) is 3.91. The molecule has 16 heavy (non-hydrogen) atoms. The highest BCUT2D eigenvalue weighted by atomic mass is 15.3. The van der Waals surface area contributed by atoms with Gasteiger partial charge in [-0.25, -0.2) is 0 Å². The molecule has 2 aromatic rings. The second kappa shape index (κ2) is 3.23. The topological polar surface area (TPSA) is 27.6 Å². The molecule has 0 spiro atoms. The van der Waals surface area contributed by atoms with Crippen molar-refractivity contribution in [1.29, 1.82) is 0 Å². The van der Waals surface area contributed by atoms with Crippen LogP contribution in [0.1, 0.15) is 0 Å². The third-order valence-corrected chi connectivity index (χ3v) is 3.02. The Morgan fingerprint density at radius 1 is 1.12 bits per heavy atom. The lowest BCUT2D eigenvalue weighted by molar-refractivity contribution is 1.21. The summed E-state index contributed by atoms with van der Waals surface area (Å²) in [5.41, 5.74) is 2.33. The predicted octanol–water partition coefficient (Wildman–Crippen LogP) is 2.69. The number of benzene rings is 2. The SMILES string of the molecule is CN=C1Nc2cccc3cccc(c23)N1C. The van der Waals surface area contributed by atoms with E-state index in [1.165, 1.54) is 16.5 Å². The van der Waals surface area contributed by atoms with Gasteiger partial charge in [-0.1, -0.05) is 24.3 Å². The van der Waals surface area contributed by atoms with Crippen LogP contribution >= 0.6 is 0 Å². The van der Waals surface area contributed by atoms with E-state index in [2.05, 4.69) is 51.6 Å². The Morgan fingerprint density at radius 3 is 2.62 bits per heavy atom. The van der Waals surface area contributed by atoms with Crippen LogP contribution in [0.2, 0.25) is 0 Å². The van der Waals surface area contributed by atoms with Gasteiger partial charge in [0, 0.05) is 19.5 Å². The summed E-state index contributed by atoms with van der Waals surface area (Å²) in [5.74, 6) is 0.881. The number of hydrogen-bond donors (Lipinski definition) is 1. The van der Waals surface area contributed by atoms with E-state index in [0.29, 0.717) is 0 Å². The third-order valence-electron chi connectivity index (χ3n) is 3.02. The molecule has 3 rings (SSSR count). The third kappa shape index (κ3) is 1.11. The summed E-state index contributed by atoms with van der Waals surface area (Å²) < 4.78 is 0. The molecule has 3 heteroatoms. The molecular formula is C13H13N3. The highest BCUT2D eigenvalue weighted by Gasteiger charge is 2.19. The van der Waals surface area contributed by atoms with Gasteiger partial charge in [-0.05, 0) is 17.5 Å². The van der Waals surface area contributed by atoms with Crippen LogP contribution in [0.3, 0.4) is 0 Å². The summed E-state index contributed by atoms with van der Waals surface area (Å²) in [4.78, 5) is 6.32. The first-order valence-electron chi connectivity index (χ1n) is 5.30. The van der Waals surface area contributed by atoms with Gasteiger partial charge in [0.15, 0.2) is 0 Å². The van der Waals surface area contributed by atoms with Crippen molar-refractivity contribution in [2.75, 3.05) is 24.3 Å². The fourth-order valence-electron chi connectivity index (χ4n) is 2.23. The van der Waals surface area contributed by atoms with Crippen molar-refractivity contribution in [3.05, 3.63) is 36.4 Å². The van der Waals surface area contributed by atoms with Gasteiger partial charge in [-0.2, -0.15) is 0 Å². The molecule has 1 N–H and O–H groups in total.